The van der Waals surface area contributed by atoms with Gasteiger partial charge in [-0.15, -0.1) is 0 Å². The highest BCUT2D eigenvalue weighted by atomic mass is 16.5. The summed E-state index contributed by atoms with van der Waals surface area (Å²) in [6, 6.07) is 2.01. The number of carbonyl (C=O) groups excluding carboxylic acids is 1. The molecule has 2 aromatic rings. The average Bonchev–Trinajstić information content (AvgIpc) is 3.23. The summed E-state index contributed by atoms with van der Waals surface area (Å²) in [7, 11) is 1.87. The van der Waals surface area contributed by atoms with Crippen molar-refractivity contribution in [2.45, 2.75) is 30.9 Å². The van der Waals surface area contributed by atoms with Gasteiger partial charge in [0.1, 0.15) is 5.69 Å². The van der Waals surface area contributed by atoms with Crippen LogP contribution in [0.3, 0.4) is 0 Å². The molecule has 4 rings (SSSR count). The molecule has 132 valence electrons. The Balaban J connectivity index is 1.33. The van der Waals surface area contributed by atoms with Crippen LogP contribution in [0.4, 0.5) is 5.95 Å². The molecular weight excluding hydrogens is 320 g/mol. The predicted octanol–water partition coefficient (Wildman–Crippen LogP) is 1.09. The van der Waals surface area contributed by atoms with E-state index in [0.717, 1.165) is 19.3 Å². The number of aryl methyl sites for hydroxylation is 1. The van der Waals surface area contributed by atoms with Crippen LogP contribution in [0.2, 0.25) is 0 Å². The number of carbonyl (C=O) groups is 1. The number of likely N-dealkylation sites (tertiary alicyclic amines) is 1. The van der Waals surface area contributed by atoms with Gasteiger partial charge < -0.3 is 19.5 Å². The molecule has 1 spiro atoms. The average molecular weight is 342 g/mol. The normalized spacial score (nSPS) is 22.3. The van der Waals surface area contributed by atoms with E-state index in [1.807, 2.05) is 11.9 Å². The van der Waals surface area contributed by atoms with Crippen molar-refractivity contribution in [3.8, 4) is 0 Å². The van der Waals surface area contributed by atoms with Crippen molar-refractivity contribution >= 4 is 11.9 Å². The van der Waals surface area contributed by atoms with Gasteiger partial charge in [-0.3, -0.25) is 4.79 Å². The van der Waals surface area contributed by atoms with Crippen LogP contribution in [0.25, 0.3) is 0 Å². The summed E-state index contributed by atoms with van der Waals surface area (Å²) < 4.78 is 7.92. The van der Waals surface area contributed by atoms with Crippen LogP contribution in [0.5, 0.6) is 0 Å². The monoisotopic (exact) mass is 342 g/mol. The minimum Gasteiger partial charge on any atom is -0.373 e. The van der Waals surface area contributed by atoms with Crippen LogP contribution in [-0.2, 0) is 11.8 Å². The predicted molar refractivity (Wildman–Crippen MR) is 91.1 cm³/mol. The highest BCUT2D eigenvalue weighted by molar-refractivity contribution is 5.92. The smallest absolute Gasteiger partial charge is 0.274 e. The summed E-state index contributed by atoms with van der Waals surface area (Å²) in [5.41, 5.74) is 0.361. The summed E-state index contributed by atoms with van der Waals surface area (Å²) in [5, 5.41) is 3.33. The van der Waals surface area contributed by atoms with Gasteiger partial charge in [0.15, 0.2) is 0 Å². The molecule has 1 atom stereocenters. The van der Waals surface area contributed by atoms with Crippen molar-refractivity contribution in [1.29, 1.82) is 0 Å². The molecule has 2 fully saturated rings. The quantitative estimate of drug-likeness (QED) is 0.899. The molecule has 2 aliphatic rings. The Morgan fingerprint density at radius 1 is 1.28 bits per heavy atom. The first-order chi connectivity index (χ1) is 12.1. The minimum absolute atomic E-state index is 0.000748. The van der Waals surface area contributed by atoms with Gasteiger partial charge in [-0.2, -0.15) is 0 Å². The van der Waals surface area contributed by atoms with Crippen molar-refractivity contribution in [2.24, 2.45) is 7.05 Å². The van der Waals surface area contributed by atoms with Crippen LogP contribution >= 0.6 is 0 Å². The fraction of sp³-hybridized carbons (Fsp3) is 0.529. The topological polar surface area (TPSA) is 85.2 Å². The summed E-state index contributed by atoms with van der Waals surface area (Å²) in [6.07, 6.45) is 9.47. The molecule has 1 N–H and O–H groups in total. The maximum Gasteiger partial charge on any atom is 0.274 e. The van der Waals surface area contributed by atoms with E-state index in [1.165, 1.54) is 0 Å². The largest absolute Gasteiger partial charge is 0.373 e. The molecule has 0 bridgehead atoms. The lowest BCUT2D eigenvalue weighted by atomic mass is 9.87. The number of amides is 1. The number of hydrogen-bond acceptors (Lipinski definition) is 6. The van der Waals surface area contributed by atoms with Crippen LogP contribution in [-0.4, -0.2) is 61.7 Å². The lowest BCUT2D eigenvalue weighted by Crippen LogP contribution is -2.46. The van der Waals surface area contributed by atoms with Crippen molar-refractivity contribution in [2.75, 3.05) is 25.0 Å². The fourth-order valence-corrected chi connectivity index (χ4v) is 3.64. The molecule has 1 amide bonds. The Kier molecular flexibility index (Phi) is 4.12. The number of nitrogens with one attached hydrogen (secondary N) is 1. The number of piperidine rings is 1. The highest BCUT2D eigenvalue weighted by Gasteiger charge is 2.43. The summed E-state index contributed by atoms with van der Waals surface area (Å²) in [5.74, 6) is 0.636. The van der Waals surface area contributed by atoms with Gasteiger partial charge in [-0.25, -0.2) is 15.0 Å². The molecule has 0 saturated carbocycles. The molecule has 2 aliphatic heterocycles. The Morgan fingerprint density at radius 2 is 2.04 bits per heavy atom. The van der Waals surface area contributed by atoms with E-state index in [0.29, 0.717) is 31.3 Å². The molecular formula is C17H22N6O2. The molecule has 1 unspecified atom stereocenters. The Labute approximate surface area is 146 Å². The second-order valence-electron chi connectivity index (χ2n) is 6.83. The summed E-state index contributed by atoms with van der Waals surface area (Å²) in [4.78, 5) is 26.9. The maximum absolute atomic E-state index is 12.5. The Hall–Kier alpha value is -2.48. The van der Waals surface area contributed by atoms with Gasteiger partial charge in [0.05, 0.1) is 24.6 Å². The maximum atomic E-state index is 12.5. The third-order valence-electron chi connectivity index (χ3n) is 4.99. The van der Waals surface area contributed by atoms with Gasteiger partial charge in [-0.05, 0) is 25.3 Å². The fourth-order valence-electron chi connectivity index (χ4n) is 3.64. The van der Waals surface area contributed by atoms with Gasteiger partial charge >= 0.3 is 0 Å². The van der Waals surface area contributed by atoms with Gasteiger partial charge in [-0.1, -0.05) is 0 Å². The Bertz CT molecular complexity index is 739. The molecule has 8 heteroatoms. The number of nitrogens with zero attached hydrogens (tertiary/aromatic N) is 5. The lowest BCUT2D eigenvalue weighted by Gasteiger charge is -2.38. The van der Waals surface area contributed by atoms with E-state index in [2.05, 4.69) is 20.3 Å². The van der Waals surface area contributed by atoms with Crippen LogP contribution < -0.4 is 5.32 Å². The first-order valence-corrected chi connectivity index (χ1v) is 8.58. The molecule has 0 aliphatic carbocycles. The zero-order valence-electron chi connectivity index (χ0n) is 14.3. The van der Waals surface area contributed by atoms with Crippen molar-refractivity contribution in [3.05, 3.63) is 36.7 Å². The van der Waals surface area contributed by atoms with Gasteiger partial charge in [0.2, 0.25) is 5.95 Å². The second kappa shape index (κ2) is 6.44. The number of ether oxygens (including phenoxy) is 1. The van der Waals surface area contributed by atoms with Crippen molar-refractivity contribution < 1.29 is 9.53 Å². The molecule has 2 aromatic heterocycles. The van der Waals surface area contributed by atoms with E-state index in [-0.39, 0.29) is 17.6 Å². The second-order valence-corrected chi connectivity index (χ2v) is 6.83. The SMILES string of the molecule is Cn1cnc(C(=O)N2CCC3(CC2)CC(Nc2ncccn2)CO3)c1. The molecule has 25 heavy (non-hydrogen) atoms. The number of imidazole rings is 1. The standard InChI is InChI=1S/C17H22N6O2/c1-22-10-14(20-12-22)15(24)23-7-3-17(4-8-23)9-13(11-25-17)21-16-18-5-2-6-19-16/h2,5-6,10,12-13H,3-4,7-9,11H2,1H3,(H,18,19,21). The highest BCUT2D eigenvalue weighted by Crippen LogP contribution is 2.36. The third-order valence-corrected chi connectivity index (χ3v) is 4.99. The van der Waals surface area contributed by atoms with Crippen molar-refractivity contribution in [1.82, 2.24) is 24.4 Å². The molecule has 8 nitrogen and oxygen atoms in total. The van der Waals surface area contributed by atoms with Crippen LogP contribution in [0, 0.1) is 0 Å². The number of anilines is 1. The molecule has 0 radical (unpaired) electrons. The number of aromatic nitrogens is 4. The first kappa shape index (κ1) is 16.0. The zero-order valence-corrected chi connectivity index (χ0v) is 14.3. The Morgan fingerprint density at radius 3 is 2.72 bits per heavy atom. The van der Waals surface area contributed by atoms with E-state index in [4.69, 9.17) is 4.74 Å². The molecule has 4 heterocycles. The molecule has 2 saturated heterocycles. The third kappa shape index (κ3) is 3.34. The van der Waals surface area contributed by atoms with E-state index in [9.17, 15) is 4.79 Å². The lowest BCUT2D eigenvalue weighted by molar-refractivity contribution is -0.0388. The van der Waals surface area contributed by atoms with Gasteiger partial charge in [0, 0.05) is 38.7 Å². The van der Waals surface area contributed by atoms with E-state index in [1.54, 1.807) is 35.6 Å². The summed E-state index contributed by atoms with van der Waals surface area (Å²) in [6.45, 7) is 2.04. The first-order valence-electron chi connectivity index (χ1n) is 8.58. The van der Waals surface area contributed by atoms with E-state index < -0.39 is 0 Å². The minimum atomic E-state index is -0.145. The van der Waals surface area contributed by atoms with Crippen molar-refractivity contribution in [3.63, 3.8) is 0 Å². The van der Waals surface area contributed by atoms with Crippen LogP contribution in [0.15, 0.2) is 31.0 Å². The van der Waals surface area contributed by atoms with Crippen LogP contribution in [0.1, 0.15) is 29.8 Å². The zero-order chi connectivity index (χ0) is 17.3. The van der Waals surface area contributed by atoms with Gasteiger partial charge in [0.25, 0.3) is 5.91 Å². The number of hydrogen-bond donors (Lipinski definition) is 1. The number of rotatable bonds is 3. The summed E-state index contributed by atoms with van der Waals surface area (Å²) >= 11 is 0. The van der Waals surface area contributed by atoms with E-state index >= 15 is 0 Å². The molecule has 0 aromatic carbocycles.